The molecule has 1 saturated heterocycles. The summed E-state index contributed by atoms with van der Waals surface area (Å²) in [5.74, 6) is -0.257. The molecule has 0 radical (unpaired) electrons. The maximum absolute atomic E-state index is 12.8. The van der Waals surface area contributed by atoms with E-state index in [1.54, 1.807) is 19.1 Å². The van der Waals surface area contributed by atoms with Crippen LogP contribution < -0.4 is 10.6 Å². The first-order valence-electron chi connectivity index (χ1n) is 9.57. The van der Waals surface area contributed by atoms with Gasteiger partial charge in [-0.2, -0.15) is 12.8 Å². The van der Waals surface area contributed by atoms with Crippen molar-refractivity contribution in [3.05, 3.63) is 57.6 Å². The quantitative estimate of drug-likeness (QED) is 0.623. The van der Waals surface area contributed by atoms with Crippen LogP contribution in [0.4, 0.5) is 5.69 Å². The molecule has 1 amide bonds. The van der Waals surface area contributed by atoms with Crippen molar-refractivity contribution in [2.24, 2.45) is 10.3 Å². The van der Waals surface area contributed by atoms with Crippen molar-refractivity contribution in [2.45, 2.75) is 31.6 Å². The van der Waals surface area contributed by atoms with Crippen LogP contribution in [0.1, 0.15) is 35.7 Å². The summed E-state index contributed by atoms with van der Waals surface area (Å²) in [5, 5.41) is 5.96. The first-order valence-corrected chi connectivity index (χ1v) is 11.8. The Morgan fingerprint density at radius 1 is 1.13 bits per heavy atom. The van der Waals surface area contributed by atoms with Crippen LogP contribution in [0.25, 0.3) is 0 Å². The summed E-state index contributed by atoms with van der Waals surface area (Å²) in [7, 11) is -3.97. The van der Waals surface area contributed by atoms with Crippen LogP contribution in [0.5, 0.6) is 0 Å². The van der Waals surface area contributed by atoms with E-state index in [-0.39, 0.29) is 32.5 Å². The number of nitrogens with zero attached hydrogens (tertiary/aromatic N) is 1. The van der Waals surface area contributed by atoms with Gasteiger partial charge < -0.3 is 10.6 Å². The molecular formula is C21H23Cl2N3O3S. The normalized spacial score (nSPS) is 15.8. The first-order chi connectivity index (χ1) is 14.2. The van der Waals surface area contributed by atoms with E-state index < -0.39 is 10.0 Å². The summed E-state index contributed by atoms with van der Waals surface area (Å²) in [4.78, 5) is 12.5. The highest BCUT2D eigenvalue weighted by Gasteiger charge is 2.22. The highest BCUT2D eigenvalue weighted by molar-refractivity contribution is 7.90. The van der Waals surface area contributed by atoms with E-state index in [4.69, 9.17) is 23.2 Å². The molecule has 6 nitrogen and oxygen atoms in total. The molecule has 2 N–H and O–H groups in total. The van der Waals surface area contributed by atoms with Gasteiger partial charge in [0.2, 0.25) is 0 Å². The average Bonchev–Trinajstić information content (AvgIpc) is 2.71. The number of hydrogen-bond donors (Lipinski definition) is 2. The van der Waals surface area contributed by atoms with Crippen LogP contribution in [-0.2, 0) is 10.0 Å². The number of hydrogen-bond acceptors (Lipinski definition) is 4. The summed E-state index contributed by atoms with van der Waals surface area (Å²) in [5.41, 5.74) is 2.00. The van der Waals surface area contributed by atoms with Crippen molar-refractivity contribution in [3.8, 4) is 0 Å². The third-order valence-corrected chi connectivity index (χ3v) is 7.09. The fraction of sp³-hybridized carbons (Fsp3) is 0.333. The van der Waals surface area contributed by atoms with Crippen molar-refractivity contribution in [3.63, 3.8) is 0 Å². The summed E-state index contributed by atoms with van der Waals surface area (Å²) >= 11 is 12.6. The van der Waals surface area contributed by atoms with Gasteiger partial charge in [0.05, 0.1) is 20.6 Å². The summed E-state index contributed by atoms with van der Waals surface area (Å²) in [6.07, 6.45) is 1.69. The molecule has 3 rings (SSSR count). The van der Waals surface area contributed by atoms with E-state index in [1.165, 1.54) is 12.1 Å². The third-order valence-electron chi connectivity index (χ3n) is 5.14. The zero-order chi connectivity index (χ0) is 21.9. The Bertz CT molecular complexity index is 1070. The molecule has 2 aromatic carbocycles. The maximum Gasteiger partial charge on any atom is 0.282 e. The van der Waals surface area contributed by atoms with Crippen molar-refractivity contribution in [1.29, 1.82) is 0 Å². The molecule has 0 aromatic heterocycles. The monoisotopic (exact) mass is 467 g/mol. The molecule has 1 aliphatic rings. The number of amides is 1. The summed E-state index contributed by atoms with van der Waals surface area (Å²) < 4.78 is 29.6. The highest BCUT2D eigenvalue weighted by atomic mass is 35.5. The third kappa shape index (κ3) is 5.21. The van der Waals surface area contributed by atoms with Gasteiger partial charge in [-0.05, 0) is 63.5 Å². The molecular weight excluding hydrogens is 445 g/mol. The average molecular weight is 468 g/mol. The second-order valence-corrected chi connectivity index (χ2v) is 9.68. The van der Waals surface area contributed by atoms with Crippen LogP contribution in [-0.4, -0.2) is 33.1 Å². The van der Waals surface area contributed by atoms with Crippen LogP contribution in [0, 0.1) is 12.8 Å². The highest BCUT2D eigenvalue weighted by Crippen LogP contribution is 2.34. The molecule has 0 atom stereocenters. The molecule has 1 fully saturated rings. The number of aryl methyl sites for hydroxylation is 1. The van der Waals surface area contributed by atoms with Crippen molar-refractivity contribution >= 4 is 50.5 Å². The lowest BCUT2D eigenvalue weighted by atomic mass is 9.94. The minimum absolute atomic E-state index is 0.0257. The van der Waals surface area contributed by atoms with Gasteiger partial charge in [0.15, 0.2) is 0 Å². The molecule has 0 spiro atoms. The fourth-order valence-corrected chi connectivity index (χ4v) is 5.26. The maximum atomic E-state index is 12.8. The van der Waals surface area contributed by atoms with Gasteiger partial charge in [-0.25, -0.2) is 0 Å². The van der Waals surface area contributed by atoms with Gasteiger partial charge in [0.25, 0.3) is 15.9 Å². The Morgan fingerprint density at radius 2 is 1.73 bits per heavy atom. The van der Waals surface area contributed by atoms with Gasteiger partial charge in [-0.3, -0.25) is 4.79 Å². The van der Waals surface area contributed by atoms with E-state index >= 15 is 0 Å². The summed E-state index contributed by atoms with van der Waals surface area (Å²) in [6.45, 7) is 5.22. The first kappa shape index (κ1) is 22.7. The van der Waals surface area contributed by atoms with Crippen molar-refractivity contribution in [1.82, 2.24) is 5.32 Å². The lowest BCUT2D eigenvalue weighted by Gasteiger charge is -2.22. The number of rotatable bonds is 5. The molecule has 9 heteroatoms. The number of nitrogens with one attached hydrogen (secondary N) is 2. The molecule has 0 bridgehead atoms. The van der Waals surface area contributed by atoms with E-state index in [2.05, 4.69) is 15.0 Å². The van der Waals surface area contributed by atoms with Crippen molar-refractivity contribution in [2.75, 3.05) is 18.4 Å². The number of carbonyl (C=O) groups is 1. The fourth-order valence-electron chi connectivity index (χ4n) is 3.38. The number of halogens is 2. The van der Waals surface area contributed by atoms with Crippen LogP contribution >= 0.6 is 23.2 Å². The predicted octanol–water partition coefficient (Wildman–Crippen LogP) is 4.70. The number of anilines is 1. The second-order valence-electron chi connectivity index (χ2n) is 7.26. The molecule has 1 heterocycles. The topological polar surface area (TPSA) is 87.6 Å². The summed E-state index contributed by atoms with van der Waals surface area (Å²) in [6, 6.07) is 9.60. The lowest BCUT2D eigenvalue weighted by Crippen LogP contribution is -2.31. The Hall–Kier alpha value is -1.93. The molecule has 0 unspecified atom stereocenters. The van der Waals surface area contributed by atoms with Crippen LogP contribution in [0.15, 0.2) is 45.7 Å². The van der Waals surface area contributed by atoms with Crippen molar-refractivity contribution < 1.29 is 13.2 Å². The molecule has 1 aliphatic heterocycles. The standard InChI is InChI=1S/C21H23Cl2N3O3S/c1-13-5-3-4-6-17(13)21(27)25-20-18(22)11-16(12-19(20)23)30(28,29)26-14(2)15-7-9-24-10-8-15/h3-6,11-12,15,24H,7-10H2,1-2H3,(H,25,27). The van der Waals surface area contributed by atoms with E-state index in [9.17, 15) is 13.2 Å². The van der Waals surface area contributed by atoms with E-state index in [0.29, 0.717) is 11.3 Å². The second kappa shape index (κ2) is 9.47. The zero-order valence-electron chi connectivity index (χ0n) is 16.7. The van der Waals surface area contributed by atoms with Gasteiger partial charge in [-0.15, -0.1) is 0 Å². The zero-order valence-corrected chi connectivity index (χ0v) is 19.0. The Kier molecular flexibility index (Phi) is 7.18. The Morgan fingerprint density at radius 3 is 2.33 bits per heavy atom. The van der Waals surface area contributed by atoms with Gasteiger partial charge >= 0.3 is 0 Å². The molecule has 0 saturated carbocycles. The molecule has 160 valence electrons. The van der Waals surface area contributed by atoms with Gasteiger partial charge in [0, 0.05) is 17.2 Å². The number of piperidine rings is 1. The minimum Gasteiger partial charge on any atom is -0.319 e. The largest absolute Gasteiger partial charge is 0.319 e. The number of carbonyl (C=O) groups excluding carboxylic acids is 1. The SMILES string of the molecule is CC(=NS(=O)(=O)c1cc(Cl)c(NC(=O)c2ccccc2C)c(Cl)c1)C1CCNCC1. The van der Waals surface area contributed by atoms with Crippen LogP contribution in [0.3, 0.4) is 0 Å². The molecule has 2 aromatic rings. The van der Waals surface area contributed by atoms with Gasteiger partial charge in [-0.1, -0.05) is 41.4 Å². The predicted molar refractivity (Wildman–Crippen MR) is 121 cm³/mol. The number of benzene rings is 2. The smallest absolute Gasteiger partial charge is 0.282 e. The van der Waals surface area contributed by atoms with E-state index in [0.717, 1.165) is 31.5 Å². The van der Waals surface area contributed by atoms with Gasteiger partial charge in [0.1, 0.15) is 0 Å². The minimum atomic E-state index is -3.97. The number of sulfonamides is 1. The Labute approximate surface area is 186 Å². The van der Waals surface area contributed by atoms with E-state index in [1.807, 2.05) is 19.1 Å². The molecule has 0 aliphatic carbocycles. The lowest BCUT2D eigenvalue weighted by molar-refractivity contribution is 0.102. The molecule has 30 heavy (non-hydrogen) atoms. The Balaban J connectivity index is 1.86. The van der Waals surface area contributed by atoms with Crippen LogP contribution in [0.2, 0.25) is 10.0 Å².